The van der Waals surface area contributed by atoms with E-state index in [2.05, 4.69) is 42.0 Å². The van der Waals surface area contributed by atoms with Gasteiger partial charge in [-0.3, -0.25) is 20.1 Å². The van der Waals surface area contributed by atoms with Crippen molar-refractivity contribution in [3.05, 3.63) is 85.5 Å². The number of halogens is 1. The minimum atomic E-state index is -0.311. The first-order valence-corrected chi connectivity index (χ1v) is 12.0. The smallest absolute Gasteiger partial charge is 0.159 e. The number of aromatic amines is 2. The topological polar surface area (TPSA) is 108 Å². The van der Waals surface area contributed by atoms with Crippen molar-refractivity contribution in [3.8, 4) is 33.9 Å². The number of rotatable bonds is 6. The summed E-state index contributed by atoms with van der Waals surface area (Å²) < 4.78 is 13.9. The highest BCUT2D eigenvalue weighted by Crippen LogP contribution is 2.36. The van der Waals surface area contributed by atoms with Crippen LogP contribution in [0.4, 0.5) is 10.1 Å². The maximum atomic E-state index is 13.9. The summed E-state index contributed by atoms with van der Waals surface area (Å²) in [6.45, 7) is 4.14. The first kappa shape index (κ1) is 21.4. The second kappa shape index (κ2) is 8.34. The van der Waals surface area contributed by atoms with Gasteiger partial charge in [0.1, 0.15) is 11.5 Å². The molecule has 6 aromatic rings. The molecule has 0 spiro atoms. The summed E-state index contributed by atoms with van der Waals surface area (Å²) >= 11 is 0. The Morgan fingerprint density at radius 2 is 1.86 bits per heavy atom. The van der Waals surface area contributed by atoms with Gasteiger partial charge in [0, 0.05) is 34.6 Å². The fourth-order valence-corrected chi connectivity index (χ4v) is 4.54. The highest BCUT2D eigenvalue weighted by molar-refractivity contribution is 5.97. The predicted molar refractivity (Wildman–Crippen MR) is 141 cm³/mol. The third kappa shape index (κ3) is 3.90. The van der Waals surface area contributed by atoms with E-state index in [1.807, 2.05) is 18.2 Å². The zero-order chi connectivity index (χ0) is 24.9. The SMILES string of the molecule is C=C(Nc1cncc(-c2cc3c(-c4nc5c(-c6cccc(F)c6)cncc5[nH]4)n[nH]c3cn2)c1)C1CC1. The monoisotopic (exact) mass is 488 g/mol. The average molecular weight is 489 g/mol. The van der Waals surface area contributed by atoms with E-state index in [1.54, 1.807) is 37.1 Å². The van der Waals surface area contributed by atoms with Crippen LogP contribution in [0.3, 0.4) is 0 Å². The van der Waals surface area contributed by atoms with Crippen LogP contribution < -0.4 is 5.32 Å². The summed E-state index contributed by atoms with van der Waals surface area (Å²) in [4.78, 5) is 21.5. The molecule has 7 rings (SSSR count). The van der Waals surface area contributed by atoms with E-state index in [9.17, 15) is 4.39 Å². The van der Waals surface area contributed by atoms with Crippen molar-refractivity contribution in [2.45, 2.75) is 12.8 Å². The molecule has 0 saturated heterocycles. The summed E-state index contributed by atoms with van der Waals surface area (Å²) in [6.07, 6.45) is 11.1. The van der Waals surface area contributed by atoms with Gasteiger partial charge >= 0.3 is 0 Å². The van der Waals surface area contributed by atoms with Crippen LogP contribution in [0.15, 0.2) is 79.7 Å². The van der Waals surface area contributed by atoms with Crippen LogP contribution in [0.2, 0.25) is 0 Å². The van der Waals surface area contributed by atoms with Crippen LogP contribution in [0, 0.1) is 11.7 Å². The Bertz CT molecular complexity index is 1810. The Morgan fingerprint density at radius 3 is 2.73 bits per heavy atom. The molecule has 0 atom stereocenters. The van der Waals surface area contributed by atoms with E-state index < -0.39 is 0 Å². The summed E-state index contributed by atoms with van der Waals surface area (Å²) in [5, 5.41) is 11.8. The largest absolute Gasteiger partial charge is 0.358 e. The second-order valence-electron chi connectivity index (χ2n) is 9.25. The second-order valence-corrected chi connectivity index (χ2v) is 9.25. The van der Waals surface area contributed by atoms with Gasteiger partial charge in [-0.2, -0.15) is 5.10 Å². The number of nitrogens with one attached hydrogen (secondary N) is 3. The van der Waals surface area contributed by atoms with Crippen LogP contribution >= 0.6 is 0 Å². The van der Waals surface area contributed by atoms with Gasteiger partial charge in [0.25, 0.3) is 0 Å². The van der Waals surface area contributed by atoms with Gasteiger partial charge in [0.2, 0.25) is 0 Å². The molecule has 1 aliphatic carbocycles. The Balaban J connectivity index is 1.28. The summed E-state index contributed by atoms with van der Waals surface area (Å²) in [5.41, 5.74) is 7.88. The van der Waals surface area contributed by atoms with E-state index >= 15 is 0 Å². The maximum absolute atomic E-state index is 13.9. The Morgan fingerprint density at radius 1 is 0.973 bits per heavy atom. The molecule has 5 heterocycles. The summed E-state index contributed by atoms with van der Waals surface area (Å²) in [7, 11) is 0. The molecule has 1 aliphatic rings. The molecule has 5 aromatic heterocycles. The Kier molecular flexibility index (Phi) is 4.81. The number of allylic oxidation sites excluding steroid dienone is 1. The van der Waals surface area contributed by atoms with Crippen molar-refractivity contribution in [1.82, 2.24) is 35.1 Å². The molecule has 8 nitrogen and oxygen atoms in total. The van der Waals surface area contributed by atoms with E-state index in [0.717, 1.165) is 44.6 Å². The van der Waals surface area contributed by atoms with Gasteiger partial charge in [-0.15, -0.1) is 0 Å². The minimum absolute atomic E-state index is 0.311. The standard InChI is InChI=1S/C28H21FN8/c1-15(16-5-6-16)33-20-8-18(10-30-11-20)23-9-21-24(14-32-23)36-37-27(21)28-34-25-13-31-12-22(26(25)35-28)17-3-2-4-19(29)7-17/h2-4,7-14,16,33H,1,5-6H2,(H,34,35)(H,36,37). The lowest BCUT2D eigenvalue weighted by Crippen LogP contribution is -2.00. The van der Waals surface area contributed by atoms with Crippen molar-refractivity contribution in [2.75, 3.05) is 5.32 Å². The molecule has 0 unspecified atom stereocenters. The Labute approximate surface area is 210 Å². The number of aromatic nitrogens is 7. The number of hydrogen-bond donors (Lipinski definition) is 3. The molecule has 0 aliphatic heterocycles. The minimum Gasteiger partial charge on any atom is -0.358 e. The van der Waals surface area contributed by atoms with Gasteiger partial charge in [-0.05, 0) is 48.6 Å². The van der Waals surface area contributed by atoms with Crippen molar-refractivity contribution >= 4 is 27.6 Å². The van der Waals surface area contributed by atoms with Gasteiger partial charge in [0.15, 0.2) is 5.82 Å². The van der Waals surface area contributed by atoms with Crippen molar-refractivity contribution in [3.63, 3.8) is 0 Å². The van der Waals surface area contributed by atoms with E-state index in [4.69, 9.17) is 4.98 Å². The molecule has 0 bridgehead atoms. The van der Waals surface area contributed by atoms with Crippen molar-refractivity contribution < 1.29 is 4.39 Å². The van der Waals surface area contributed by atoms with Gasteiger partial charge in [-0.25, -0.2) is 9.37 Å². The molecule has 0 radical (unpaired) electrons. The lowest BCUT2D eigenvalue weighted by atomic mass is 10.1. The molecular weight excluding hydrogens is 467 g/mol. The third-order valence-electron chi connectivity index (χ3n) is 6.61. The van der Waals surface area contributed by atoms with E-state index in [-0.39, 0.29) is 5.82 Å². The number of imidazole rings is 1. The first-order valence-electron chi connectivity index (χ1n) is 12.0. The van der Waals surface area contributed by atoms with Crippen LogP contribution in [0.1, 0.15) is 12.8 Å². The number of anilines is 1. The van der Waals surface area contributed by atoms with Gasteiger partial charge in [-0.1, -0.05) is 18.7 Å². The molecule has 1 saturated carbocycles. The molecule has 1 fully saturated rings. The fourth-order valence-electron chi connectivity index (χ4n) is 4.54. The van der Waals surface area contributed by atoms with Gasteiger partial charge in [0.05, 0.1) is 46.5 Å². The zero-order valence-electron chi connectivity index (χ0n) is 19.7. The number of H-pyrrole nitrogens is 2. The summed E-state index contributed by atoms with van der Waals surface area (Å²) in [6, 6.07) is 10.4. The fraction of sp³-hybridized carbons (Fsp3) is 0.107. The van der Waals surface area contributed by atoms with Crippen molar-refractivity contribution in [1.29, 1.82) is 0 Å². The van der Waals surface area contributed by atoms with E-state index in [1.165, 1.54) is 25.0 Å². The van der Waals surface area contributed by atoms with Crippen LogP contribution in [0.25, 0.3) is 55.8 Å². The van der Waals surface area contributed by atoms with E-state index in [0.29, 0.717) is 28.5 Å². The highest BCUT2D eigenvalue weighted by atomic mass is 19.1. The molecule has 1 aromatic carbocycles. The maximum Gasteiger partial charge on any atom is 0.159 e. The molecule has 3 N–H and O–H groups in total. The molecule has 9 heteroatoms. The zero-order valence-corrected chi connectivity index (χ0v) is 19.7. The number of fused-ring (bicyclic) bond motifs is 2. The molecule has 0 amide bonds. The lowest BCUT2D eigenvalue weighted by molar-refractivity contribution is 0.628. The molecule has 37 heavy (non-hydrogen) atoms. The lowest BCUT2D eigenvalue weighted by Gasteiger charge is -2.09. The average Bonchev–Trinajstić information content (AvgIpc) is 3.55. The summed E-state index contributed by atoms with van der Waals surface area (Å²) in [5.74, 6) is 0.819. The highest BCUT2D eigenvalue weighted by Gasteiger charge is 2.24. The first-order chi connectivity index (χ1) is 18.1. The number of nitrogens with zero attached hydrogens (tertiary/aromatic N) is 5. The van der Waals surface area contributed by atoms with Crippen LogP contribution in [-0.4, -0.2) is 35.1 Å². The number of hydrogen-bond acceptors (Lipinski definition) is 6. The predicted octanol–water partition coefficient (Wildman–Crippen LogP) is 6.10. The number of pyridine rings is 3. The van der Waals surface area contributed by atoms with Gasteiger partial charge < -0.3 is 10.3 Å². The third-order valence-corrected chi connectivity index (χ3v) is 6.61. The normalized spacial score (nSPS) is 13.3. The molecule has 180 valence electrons. The molecular formula is C28H21FN8. The Hall–Kier alpha value is -4.92. The number of benzene rings is 1. The quantitative estimate of drug-likeness (QED) is 0.261. The van der Waals surface area contributed by atoms with Crippen LogP contribution in [-0.2, 0) is 0 Å². The van der Waals surface area contributed by atoms with Crippen molar-refractivity contribution in [2.24, 2.45) is 5.92 Å². The van der Waals surface area contributed by atoms with Crippen LogP contribution in [0.5, 0.6) is 0 Å².